The van der Waals surface area contributed by atoms with Crippen LogP contribution in [0, 0.1) is 5.41 Å². The SMILES string of the molecule is CC1=CCC(C)(C)C(NC(=O)Cc2c[nH]c3ccccc23)CC1. The standard InChI is InChI=1S/C20H26N2O/c1-14-8-9-18(20(2,3)11-10-14)22-19(23)12-15-13-21-17-7-5-4-6-16(15)17/h4-7,10,13,18,21H,8-9,11-12H2,1-3H3,(H,22,23). The largest absolute Gasteiger partial charge is 0.361 e. The Balaban J connectivity index is 1.69. The number of hydrogen-bond acceptors (Lipinski definition) is 1. The number of hydrogen-bond donors (Lipinski definition) is 2. The zero-order chi connectivity index (χ0) is 16.4. The third-order valence-electron chi connectivity index (χ3n) is 5.11. The molecule has 1 aliphatic rings. The van der Waals surface area contributed by atoms with Crippen molar-refractivity contribution in [2.45, 2.75) is 52.5 Å². The molecule has 2 N–H and O–H groups in total. The van der Waals surface area contributed by atoms with Gasteiger partial charge >= 0.3 is 0 Å². The fraction of sp³-hybridized carbons (Fsp3) is 0.450. The number of amides is 1. The molecule has 3 rings (SSSR count). The third-order valence-corrected chi connectivity index (χ3v) is 5.11. The lowest BCUT2D eigenvalue weighted by Crippen LogP contribution is -2.45. The van der Waals surface area contributed by atoms with Gasteiger partial charge in [0.25, 0.3) is 0 Å². The lowest BCUT2D eigenvalue weighted by atomic mass is 9.80. The lowest BCUT2D eigenvalue weighted by Gasteiger charge is -2.33. The summed E-state index contributed by atoms with van der Waals surface area (Å²) in [4.78, 5) is 15.8. The van der Waals surface area contributed by atoms with E-state index >= 15 is 0 Å². The first-order valence-corrected chi connectivity index (χ1v) is 8.46. The highest BCUT2D eigenvalue weighted by molar-refractivity contribution is 5.88. The van der Waals surface area contributed by atoms with Gasteiger partial charge in [-0.15, -0.1) is 0 Å². The van der Waals surface area contributed by atoms with E-state index in [1.54, 1.807) is 0 Å². The van der Waals surface area contributed by atoms with E-state index in [0.717, 1.165) is 35.7 Å². The average Bonchev–Trinajstić information content (AvgIpc) is 2.87. The number of H-pyrrole nitrogens is 1. The minimum Gasteiger partial charge on any atom is -0.361 e. The fourth-order valence-electron chi connectivity index (χ4n) is 3.41. The molecule has 0 saturated carbocycles. The molecular formula is C20H26N2O. The molecule has 0 spiro atoms. The minimum absolute atomic E-state index is 0.105. The molecule has 2 aromatic rings. The summed E-state index contributed by atoms with van der Waals surface area (Å²) in [7, 11) is 0. The van der Waals surface area contributed by atoms with Crippen molar-refractivity contribution < 1.29 is 4.79 Å². The number of aromatic amines is 1. The van der Waals surface area contributed by atoms with E-state index in [4.69, 9.17) is 0 Å². The molecule has 3 heteroatoms. The smallest absolute Gasteiger partial charge is 0.224 e. The molecule has 0 bridgehead atoms. The van der Waals surface area contributed by atoms with Gasteiger partial charge in [-0.05, 0) is 43.2 Å². The van der Waals surface area contributed by atoms with Crippen LogP contribution in [0.5, 0.6) is 0 Å². The van der Waals surface area contributed by atoms with Crippen molar-refractivity contribution in [1.29, 1.82) is 0 Å². The minimum atomic E-state index is 0.105. The van der Waals surface area contributed by atoms with Crippen molar-refractivity contribution in [3.05, 3.63) is 47.7 Å². The van der Waals surface area contributed by atoms with Gasteiger partial charge in [0.05, 0.1) is 6.42 Å². The van der Waals surface area contributed by atoms with Gasteiger partial charge in [0.1, 0.15) is 0 Å². The number of carbonyl (C=O) groups excluding carboxylic acids is 1. The third kappa shape index (κ3) is 3.49. The summed E-state index contributed by atoms with van der Waals surface area (Å²) in [5.74, 6) is 0.118. The number of benzene rings is 1. The molecule has 1 atom stereocenters. The number of nitrogens with one attached hydrogen (secondary N) is 2. The fourth-order valence-corrected chi connectivity index (χ4v) is 3.41. The van der Waals surface area contributed by atoms with E-state index in [2.05, 4.69) is 43.2 Å². The van der Waals surface area contributed by atoms with Gasteiger partial charge in [-0.1, -0.05) is 43.7 Å². The molecule has 1 aromatic carbocycles. The van der Waals surface area contributed by atoms with Crippen LogP contribution in [-0.2, 0) is 11.2 Å². The van der Waals surface area contributed by atoms with Crippen molar-refractivity contribution in [3.63, 3.8) is 0 Å². The zero-order valence-corrected chi connectivity index (χ0v) is 14.3. The van der Waals surface area contributed by atoms with Crippen LogP contribution in [0.4, 0.5) is 0 Å². The second-order valence-corrected chi connectivity index (χ2v) is 7.44. The summed E-state index contributed by atoms with van der Waals surface area (Å²) >= 11 is 0. The predicted molar refractivity (Wildman–Crippen MR) is 95.3 cm³/mol. The summed E-state index contributed by atoms with van der Waals surface area (Å²) < 4.78 is 0. The quantitative estimate of drug-likeness (QED) is 0.813. The maximum atomic E-state index is 12.6. The Morgan fingerprint density at radius 2 is 2.13 bits per heavy atom. The molecule has 1 aliphatic carbocycles. The topological polar surface area (TPSA) is 44.9 Å². The molecule has 0 aliphatic heterocycles. The maximum absolute atomic E-state index is 12.6. The average molecular weight is 310 g/mol. The van der Waals surface area contributed by atoms with Crippen LogP contribution in [0.15, 0.2) is 42.1 Å². The van der Waals surface area contributed by atoms with Gasteiger partial charge in [0, 0.05) is 23.1 Å². The number of para-hydroxylation sites is 1. The van der Waals surface area contributed by atoms with Gasteiger partial charge in [0.15, 0.2) is 0 Å². The van der Waals surface area contributed by atoms with E-state index in [1.807, 2.05) is 24.4 Å². The summed E-state index contributed by atoms with van der Waals surface area (Å²) in [5.41, 5.74) is 3.70. The molecule has 0 fully saturated rings. The van der Waals surface area contributed by atoms with Crippen LogP contribution in [-0.4, -0.2) is 16.9 Å². The normalized spacial score (nSPS) is 20.8. The van der Waals surface area contributed by atoms with Crippen LogP contribution in [0.25, 0.3) is 10.9 Å². The van der Waals surface area contributed by atoms with Crippen molar-refractivity contribution in [3.8, 4) is 0 Å². The maximum Gasteiger partial charge on any atom is 0.224 e. The van der Waals surface area contributed by atoms with Crippen LogP contribution in [0.1, 0.15) is 45.6 Å². The first-order chi connectivity index (χ1) is 11.0. The second-order valence-electron chi connectivity index (χ2n) is 7.44. The summed E-state index contributed by atoms with van der Waals surface area (Å²) in [6.45, 7) is 6.68. The highest BCUT2D eigenvalue weighted by atomic mass is 16.1. The molecule has 0 saturated heterocycles. The summed E-state index contributed by atoms with van der Waals surface area (Å²) in [5, 5.41) is 4.43. The second kappa shape index (κ2) is 6.23. The van der Waals surface area contributed by atoms with E-state index in [-0.39, 0.29) is 17.4 Å². The van der Waals surface area contributed by atoms with Gasteiger partial charge in [-0.25, -0.2) is 0 Å². The van der Waals surface area contributed by atoms with Gasteiger partial charge < -0.3 is 10.3 Å². The molecule has 23 heavy (non-hydrogen) atoms. The summed E-state index contributed by atoms with van der Waals surface area (Å²) in [6, 6.07) is 8.36. The molecule has 3 nitrogen and oxygen atoms in total. The van der Waals surface area contributed by atoms with E-state index in [0.29, 0.717) is 6.42 Å². The Labute approximate surface area is 138 Å². The molecule has 1 amide bonds. The first-order valence-electron chi connectivity index (χ1n) is 8.46. The lowest BCUT2D eigenvalue weighted by molar-refractivity contribution is -0.122. The molecular weight excluding hydrogens is 284 g/mol. The van der Waals surface area contributed by atoms with Crippen LogP contribution < -0.4 is 5.32 Å². The Kier molecular flexibility index (Phi) is 4.29. The Morgan fingerprint density at radius 1 is 1.35 bits per heavy atom. The van der Waals surface area contributed by atoms with Crippen LogP contribution in [0.2, 0.25) is 0 Å². The van der Waals surface area contributed by atoms with Crippen molar-refractivity contribution in [2.24, 2.45) is 5.41 Å². The molecule has 1 aromatic heterocycles. The van der Waals surface area contributed by atoms with E-state index in [1.165, 1.54) is 5.57 Å². The van der Waals surface area contributed by atoms with E-state index in [9.17, 15) is 4.79 Å². The van der Waals surface area contributed by atoms with Crippen molar-refractivity contribution >= 4 is 16.8 Å². The highest BCUT2D eigenvalue weighted by Crippen LogP contribution is 2.33. The number of aromatic nitrogens is 1. The first kappa shape index (κ1) is 15.9. The Bertz CT molecular complexity index is 739. The summed E-state index contributed by atoms with van der Waals surface area (Å²) in [6.07, 6.45) is 7.83. The molecule has 0 radical (unpaired) electrons. The Morgan fingerprint density at radius 3 is 2.96 bits per heavy atom. The molecule has 1 unspecified atom stereocenters. The monoisotopic (exact) mass is 310 g/mol. The Hall–Kier alpha value is -2.03. The van der Waals surface area contributed by atoms with Crippen molar-refractivity contribution in [1.82, 2.24) is 10.3 Å². The number of allylic oxidation sites excluding steroid dienone is 2. The zero-order valence-electron chi connectivity index (χ0n) is 14.3. The van der Waals surface area contributed by atoms with Gasteiger partial charge in [-0.2, -0.15) is 0 Å². The van der Waals surface area contributed by atoms with Crippen molar-refractivity contribution in [2.75, 3.05) is 0 Å². The predicted octanol–water partition coefficient (Wildman–Crippen LogP) is 4.35. The molecule has 1 heterocycles. The van der Waals surface area contributed by atoms with Gasteiger partial charge in [-0.3, -0.25) is 4.79 Å². The number of carbonyl (C=O) groups is 1. The number of fused-ring (bicyclic) bond motifs is 1. The number of rotatable bonds is 3. The van der Waals surface area contributed by atoms with Crippen LogP contribution >= 0.6 is 0 Å². The van der Waals surface area contributed by atoms with E-state index < -0.39 is 0 Å². The molecule has 122 valence electrons. The van der Waals surface area contributed by atoms with Gasteiger partial charge in [0.2, 0.25) is 5.91 Å². The highest BCUT2D eigenvalue weighted by Gasteiger charge is 2.31. The van der Waals surface area contributed by atoms with Crippen LogP contribution in [0.3, 0.4) is 0 Å².